The van der Waals surface area contributed by atoms with Gasteiger partial charge in [-0.1, -0.05) is 42.5 Å². The van der Waals surface area contributed by atoms with Crippen LogP contribution >= 0.6 is 0 Å². The summed E-state index contributed by atoms with van der Waals surface area (Å²) < 4.78 is 49.6. The van der Waals surface area contributed by atoms with Gasteiger partial charge in [0.1, 0.15) is 11.1 Å². The molecule has 0 bridgehead atoms. The molecule has 2 aliphatic heterocycles. The van der Waals surface area contributed by atoms with Crippen molar-refractivity contribution in [2.24, 2.45) is 0 Å². The maximum Gasteiger partial charge on any atom is 0.230 e. The molecule has 9 heteroatoms. The van der Waals surface area contributed by atoms with E-state index in [9.17, 15) is 18.3 Å². The molecule has 202 valence electrons. The smallest absolute Gasteiger partial charge is 0.230 e. The molecule has 0 aromatic heterocycles. The lowest BCUT2D eigenvalue weighted by atomic mass is 9.73. The van der Waals surface area contributed by atoms with Crippen molar-refractivity contribution in [1.29, 1.82) is 0 Å². The van der Waals surface area contributed by atoms with Crippen molar-refractivity contribution in [2.75, 3.05) is 19.8 Å². The minimum atomic E-state index is -3.70. The van der Waals surface area contributed by atoms with E-state index in [-0.39, 0.29) is 30.6 Å². The van der Waals surface area contributed by atoms with Gasteiger partial charge in [-0.15, -0.1) is 0 Å². The Balaban J connectivity index is 1.60. The first-order chi connectivity index (χ1) is 17.4. The summed E-state index contributed by atoms with van der Waals surface area (Å²) in [6.07, 6.45) is 1.98. The van der Waals surface area contributed by atoms with Crippen LogP contribution in [-0.2, 0) is 31.5 Å². The average Bonchev–Trinajstić information content (AvgIpc) is 2.86. The monoisotopic (exact) mass is 532 g/mol. The van der Waals surface area contributed by atoms with Gasteiger partial charge < -0.3 is 15.2 Å². The van der Waals surface area contributed by atoms with Gasteiger partial charge in [0, 0.05) is 37.9 Å². The molecular formula is C28H37FN2O5S. The molecule has 0 unspecified atom stereocenters. The number of aliphatic hydroxyl groups is 1. The van der Waals surface area contributed by atoms with E-state index in [4.69, 9.17) is 4.74 Å². The minimum Gasteiger partial charge on any atom is -0.389 e. The van der Waals surface area contributed by atoms with Gasteiger partial charge >= 0.3 is 0 Å². The van der Waals surface area contributed by atoms with Crippen molar-refractivity contribution < 1.29 is 27.4 Å². The summed E-state index contributed by atoms with van der Waals surface area (Å²) in [5.74, 6) is -0.814. The standard InChI is InChI=1S/C28H37FN2O5S/c1-20-9-12-25(21-7-5-4-6-8-21)37(34,35)31(20)18-22-10-11-23(17-24(22)29)28(13-15-36-16-14-28)26(32)30-19-27(2,3)33/h4-8,10-11,17,20,25,33H,9,12-16,18-19H2,1-3H3,(H,30,32)/t20-,25+/m0/s1. The van der Waals surface area contributed by atoms with Crippen LogP contribution in [0.3, 0.4) is 0 Å². The summed E-state index contributed by atoms with van der Waals surface area (Å²) >= 11 is 0. The van der Waals surface area contributed by atoms with E-state index in [1.165, 1.54) is 10.4 Å². The minimum absolute atomic E-state index is 0.0695. The van der Waals surface area contributed by atoms with E-state index in [1.54, 1.807) is 26.0 Å². The molecule has 2 aromatic carbocycles. The van der Waals surface area contributed by atoms with Gasteiger partial charge in [0.05, 0.1) is 11.0 Å². The first-order valence-electron chi connectivity index (χ1n) is 12.9. The number of hydrogen-bond donors (Lipinski definition) is 2. The summed E-state index contributed by atoms with van der Waals surface area (Å²) in [6.45, 7) is 5.80. The van der Waals surface area contributed by atoms with Gasteiger partial charge in [0.25, 0.3) is 0 Å². The van der Waals surface area contributed by atoms with Crippen molar-refractivity contribution >= 4 is 15.9 Å². The van der Waals surface area contributed by atoms with Crippen LogP contribution in [0.25, 0.3) is 0 Å². The third-order valence-electron chi connectivity index (χ3n) is 7.59. The zero-order chi connectivity index (χ0) is 26.8. The second-order valence-electron chi connectivity index (χ2n) is 10.9. The molecule has 2 fully saturated rings. The molecule has 2 atom stereocenters. The van der Waals surface area contributed by atoms with Gasteiger partial charge in [-0.05, 0) is 63.6 Å². The number of hydrogen-bond acceptors (Lipinski definition) is 5. The number of rotatable bonds is 7. The quantitative estimate of drug-likeness (QED) is 0.565. The third-order valence-corrected chi connectivity index (χ3v) is 9.96. The highest BCUT2D eigenvalue weighted by Crippen LogP contribution is 2.39. The maximum atomic E-state index is 15.5. The highest BCUT2D eigenvalue weighted by molar-refractivity contribution is 7.89. The molecule has 7 nitrogen and oxygen atoms in total. The number of benzene rings is 2. The lowest BCUT2D eigenvalue weighted by Crippen LogP contribution is -2.51. The second kappa shape index (κ2) is 10.8. The highest BCUT2D eigenvalue weighted by atomic mass is 32.2. The zero-order valence-electron chi connectivity index (χ0n) is 21.7. The van der Waals surface area contributed by atoms with Crippen LogP contribution < -0.4 is 5.32 Å². The fraction of sp³-hybridized carbons (Fsp3) is 0.536. The molecule has 2 aromatic rings. The van der Waals surface area contributed by atoms with E-state index in [0.29, 0.717) is 44.5 Å². The number of nitrogens with one attached hydrogen (secondary N) is 1. The van der Waals surface area contributed by atoms with Crippen LogP contribution in [0.4, 0.5) is 4.39 Å². The Morgan fingerprint density at radius 1 is 1.16 bits per heavy atom. The van der Waals surface area contributed by atoms with Crippen LogP contribution in [0.2, 0.25) is 0 Å². The first kappa shape index (κ1) is 27.7. The van der Waals surface area contributed by atoms with Gasteiger partial charge in [0.15, 0.2) is 0 Å². The van der Waals surface area contributed by atoms with Crippen LogP contribution in [0.1, 0.15) is 68.4 Å². The van der Waals surface area contributed by atoms with Crippen LogP contribution in [0, 0.1) is 5.82 Å². The van der Waals surface area contributed by atoms with Crippen molar-refractivity contribution in [3.8, 4) is 0 Å². The zero-order valence-corrected chi connectivity index (χ0v) is 22.6. The Kier molecular flexibility index (Phi) is 8.09. The molecular weight excluding hydrogens is 495 g/mol. The molecule has 0 saturated carbocycles. The number of halogens is 1. The third kappa shape index (κ3) is 5.90. The molecule has 37 heavy (non-hydrogen) atoms. The number of nitrogens with zero attached hydrogens (tertiary/aromatic N) is 1. The number of carbonyl (C=O) groups excluding carboxylic acids is 1. The lowest BCUT2D eigenvalue weighted by Gasteiger charge is -2.38. The lowest BCUT2D eigenvalue weighted by molar-refractivity contribution is -0.131. The van der Waals surface area contributed by atoms with Crippen LogP contribution in [0.5, 0.6) is 0 Å². The Morgan fingerprint density at radius 3 is 2.46 bits per heavy atom. The number of sulfonamides is 1. The second-order valence-corrected chi connectivity index (χ2v) is 13.0. The van der Waals surface area contributed by atoms with Gasteiger partial charge in [-0.25, -0.2) is 12.8 Å². The summed E-state index contributed by atoms with van der Waals surface area (Å²) in [6, 6.07) is 13.6. The Morgan fingerprint density at radius 2 is 1.84 bits per heavy atom. The van der Waals surface area contributed by atoms with E-state index in [1.807, 2.05) is 37.3 Å². The molecule has 0 radical (unpaired) electrons. The molecule has 2 aliphatic rings. The van der Waals surface area contributed by atoms with E-state index in [2.05, 4.69) is 5.32 Å². The van der Waals surface area contributed by atoms with Gasteiger partial charge in [0.2, 0.25) is 15.9 Å². The number of carbonyl (C=O) groups is 1. The molecule has 4 rings (SSSR count). The molecule has 2 N–H and O–H groups in total. The predicted molar refractivity (Wildman–Crippen MR) is 140 cm³/mol. The molecule has 2 heterocycles. The van der Waals surface area contributed by atoms with Crippen molar-refractivity contribution in [3.63, 3.8) is 0 Å². The largest absolute Gasteiger partial charge is 0.389 e. The fourth-order valence-corrected chi connectivity index (χ4v) is 7.51. The molecule has 0 aliphatic carbocycles. The number of amides is 1. The summed E-state index contributed by atoms with van der Waals surface area (Å²) in [5, 5.41) is 12.2. The first-order valence-corrected chi connectivity index (χ1v) is 14.4. The van der Waals surface area contributed by atoms with Crippen LogP contribution in [-0.4, -0.2) is 55.1 Å². The van der Waals surface area contributed by atoms with E-state index < -0.39 is 32.1 Å². The van der Waals surface area contributed by atoms with Crippen LogP contribution in [0.15, 0.2) is 48.5 Å². The summed E-state index contributed by atoms with van der Waals surface area (Å²) in [5.41, 5.74) is -0.514. The fourth-order valence-electron chi connectivity index (χ4n) is 5.33. The van der Waals surface area contributed by atoms with Gasteiger partial charge in [-0.2, -0.15) is 4.31 Å². The maximum absolute atomic E-state index is 15.5. The average molecular weight is 533 g/mol. The summed E-state index contributed by atoms with van der Waals surface area (Å²) in [4.78, 5) is 13.3. The van der Waals surface area contributed by atoms with E-state index in [0.717, 1.165) is 5.56 Å². The molecule has 2 saturated heterocycles. The van der Waals surface area contributed by atoms with Gasteiger partial charge in [-0.3, -0.25) is 4.79 Å². The van der Waals surface area contributed by atoms with E-state index >= 15 is 4.39 Å². The Labute approximate surface area is 219 Å². The SMILES string of the molecule is C[C@H]1CC[C@H](c2ccccc2)S(=O)(=O)N1Cc1ccc(C2(C(=O)NCC(C)(C)O)CCOCC2)cc1F. The van der Waals surface area contributed by atoms with Crippen molar-refractivity contribution in [3.05, 3.63) is 71.0 Å². The highest BCUT2D eigenvalue weighted by Gasteiger charge is 2.43. The number of ether oxygens (including phenoxy) is 1. The predicted octanol–water partition coefficient (Wildman–Crippen LogP) is 3.82. The Bertz CT molecular complexity index is 1210. The molecule has 0 spiro atoms. The normalized spacial score (nSPS) is 23.9. The van der Waals surface area contributed by atoms with Crippen molar-refractivity contribution in [2.45, 2.75) is 75.3 Å². The summed E-state index contributed by atoms with van der Waals surface area (Å²) in [7, 11) is -3.70. The molecule has 1 amide bonds. The van der Waals surface area contributed by atoms with Crippen molar-refractivity contribution in [1.82, 2.24) is 9.62 Å². The topological polar surface area (TPSA) is 95.9 Å². The Hall–Kier alpha value is -2.33.